The van der Waals surface area contributed by atoms with E-state index >= 15 is 0 Å². The molecule has 2 aliphatic rings. The molecular weight excluding hydrogens is 248 g/mol. The van der Waals surface area contributed by atoms with Crippen LogP contribution in [0.3, 0.4) is 0 Å². The molecule has 2 rings (SSSR count). The van der Waals surface area contributed by atoms with Crippen LogP contribution in [0.25, 0.3) is 0 Å². The van der Waals surface area contributed by atoms with Crippen molar-refractivity contribution in [3.8, 4) is 0 Å². The van der Waals surface area contributed by atoms with Crippen LogP contribution in [0.1, 0.15) is 64.2 Å². The Labute approximate surface area is 125 Å². The first-order chi connectivity index (χ1) is 9.69. The number of nitrogens with zero attached hydrogens (tertiary/aromatic N) is 1. The molecule has 0 aromatic carbocycles. The van der Waals surface area contributed by atoms with Gasteiger partial charge in [-0.3, -0.25) is 0 Å². The molecule has 2 fully saturated rings. The topological polar surface area (TPSA) is 24.5 Å². The maximum absolute atomic E-state index is 5.76. The molecule has 0 aromatic heterocycles. The normalized spacial score (nSPS) is 27.9. The van der Waals surface area contributed by atoms with E-state index in [0.29, 0.717) is 17.7 Å². The quantitative estimate of drug-likeness (QED) is 0.776. The summed E-state index contributed by atoms with van der Waals surface area (Å²) >= 11 is 0. The second-order valence-electron chi connectivity index (χ2n) is 6.97. The fourth-order valence-electron chi connectivity index (χ4n) is 4.37. The van der Waals surface area contributed by atoms with Crippen LogP contribution in [-0.4, -0.2) is 50.3 Å². The molecule has 2 unspecified atom stereocenters. The zero-order valence-electron chi connectivity index (χ0n) is 13.8. The summed E-state index contributed by atoms with van der Waals surface area (Å²) in [6, 6.07) is 0.624. The Bertz CT molecular complexity index is 268. The third-order valence-electron chi connectivity index (χ3n) is 5.65. The monoisotopic (exact) mass is 282 g/mol. The summed E-state index contributed by atoms with van der Waals surface area (Å²) in [5, 5.41) is 3.64. The van der Waals surface area contributed by atoms with Crippen molar-refractivity contribution < 1.29 is 4.74 Å². The Morgan fingerprint density at radius 3 is 2.50 bits per heavy atom. The van der Waals surface area contributed by atoms with E-state index in [1.807, 2.05) is 0 Å². The molecule has 1 heterocycles. The van der Waals surface area contributed by atoms with Crippen molar-refractivity contribution in [1.29, 1.82) is 0 Å². The van der Waals surface area contributed by atoms with Gasteiger partial charge in [0.15, 0.2) is 0 Å². The molecule has 118 valence electrons. The average Bonchev–Trinajstić information content (AvgIpc) is 2.97. The largest absolute Gasteiger partial charge is 0.378 e. The molecule has 0 amide bonds. The molecule has 1 aliphatic heterocycles. The van der Waals surface area contributed by atoms with Gasteiger partial charge in [-0.2, -0.15) is 0 Å². The highest BCUT2D eigenvalue weighted by atomic mass is 16.5. The highest BCUT2D eigenvalue weighted by Crippen LogP contribution is 2.37. The summed E-state index contributed by atoms with van der Waals surface area (Å²) in [6.07, 6.45) is 13.8. The third kappa shape index (κ3) is 3.75. The van der Waals surface area contributed by atoms with Crippen LogP contribution in [0.15, 0.2) is 0 Å². The van der Waals surface area contributed by atoms with Crippen LogP contribution in [-0.2, 0) is 4.74 Å². The van der Waals surface area contributed by atoms with Gasteiger partial charge in [-0.1, -0.05) is 19.3 Å². The van der Waals surface area contributed by atoms with Gasteiger partial charge in [0.05, 0.1) is 6.10 Å². The van der Waals surface area contributed by atoms with Crippen LogP contribution in [0.2, 0.25) is 0 Å². The first-order valence-corrected chi connectivity index (χ1v) is 8.65. The molecule has 3 nitrogen and oxygen atoms in total. The molecule has 2 atom stereocenters. The van der Waals surface area contributed by atoms with Gasteiger partial charge in [-0.15, -0.1) is 0 Å². The fourth-order valence-corrected chi connectivity index (χ4v) is 4.37. The predicted octanol–water partition coefficient (Wildman–Crippen LogP) is 3.19. The van der Waals surface area contributed by atoms with Gasteiger partial charge >= 0.3 is 0 Å². The Balaban J connectivity index is 1.86. The van der Waals surface area contributed by atoms with E-state index in [-0.39, 0.29) is 0 Å². The average molecular weight is 282 g/mol. The smallest absolute Gasteiger partial charge is 0.0576 e. The van der Waals surface area contributed by atoms with Crippen molar-refractivity contribution in [2.75, 3.05) is 27.7 Å². The second kappa shape index (κ2) is 7.77. The van der Waals surface area contributed by atoms with Crippen LogP contribution in [0, 0.1) is 0 Å². The van der Waals surface area contributed by atoms with Crippen molar-refractivity contribution in [3.05, 3.63) is 0 Å². The van der Waals surface area contributed by atoms with Crippen LogP contribution >= 0.6 is 0 Å². The third-order valence-corrected chi connectivity index (χ3v) is 5.65. The molecular formula is C17H34N2O. The van der Waals surface area contributed by atoms with E-state index in [1.165, 1.54) is 64.2 Å². The standard InChI is InChI=1S/C17H34N2O/c1-18-16(11-7-9-15-10-8-14-20-15)17(19(2)3)12-5-4-6-13-17/h15-16,18H,4-14H2,1-3H3. The lowest BCUT2D eigenvalue weighted by Crippen LogP contribution is -2.59. The minimum atomic E-state index is 0.379. The van der Waals surface area contributed by atoms with Crippen molar-refractivity contribution in [1.82, 2.24) is 10.2 Å². The molecule has 0 bridgehead atoms. The molecule has 1 saturated carbocycles. The van der Waals surface area contributed by atoms with Gasteiger partial charge < -0.3 is 15.0 Å². The number of hydrogen-bond donors (Lipinski definition) is 1. The summed E-state index contributed by atoms with van der Waals surface area (Å²) in [5.41, 5.74) is 0.379. The zero-order chi connectivity index (χ0) is 14.4. The lowest BCUT2D eigenvalue weighted by molar-refractivity contribution is 0.0516. The van der Waals surface area contributed by atoms with Crippen molar-refractivity contribution in [2.45, 2.75) is 81.9 Å². The van der Waals surface area contributed by atoms with E-state index in [9.17, 15) is 0 Å². The maximum Gasteiger partial charge on any atom is 0.0576 e. The lowest BCUT2D eigenvalue weighted by atomic mass is 9.73. The zero-order valence-corrected chi connectivity index (χ0v) is 13.8. The SMILES string of the molecule is CNC(CCCC1CCCO1)C1(N(C)C)CCCCC1. The summed E-state index contributed by atoms with van der Waals surface area (Å²) in [6.45, 7) is 0.988. The highest BCUT2D eigenvalue weighted by molar-refractivity contribution is 5.00. The Kier molecular flexibility index (Phi) is 6.31. The molecule has 1 aliphatic carbocycles. The summed E-state index contributed by atoms with van der Waals surface area (Å²) in [4.78, 5) is 2.50. The Morgan fingerprint density at radius 2 is 1.95 bits per heavy atom. The minimum absolute atomic E-state index is 0.379. The van der Waals surface area contributed by atoms with E-state index in [4.69, 9.17) is 4.74 Å². The highest BCUT2D eigenvalue weighted by Gasteiger charge is 2.40. The fraction of sp³-hybridized carbons (Fsp3) is 1.00. The number of ether oxygens (including phenoxy) is 1. The molecule has 0 spiro atoms. The minimum Gasteiger partial charge on any atom is -0.378 e. The van der Waals surface area contributed by atoms with Gasteiger partial charge in [0.2, 0.25) is 0 Å². The van der Waals surface area contributed by atoms with E-state index in [2.05, 4.69) is 31.4 Å². The number of rotatable bonds is 7. The number of likely N-dealkylation sites (N-methyl/N-ethyl adjacent to an activating group) is 2. The Hall–Kier alpha value is -0.120. The number of hydrogen-bond acceptors (Lipinski definition) is 3. The lowest BCUT2D eigenvalue weighted by Gasteiger charge is -2.48. The Morgan fingerprint density at radius 1 is 1.20 bits per heavy atom. The van der Waals surface area contributed by atoms with Crippen molar-refractivity contribution in [3.63, 3.8) is 0 Å². The van der Waals surface area contributed by atoms with Gasteiger partial charge in [-0.05, 0) is 66.1 Å². The van der Waals surface area contributed by atoms with E-state index < -0.39 is 0 Å². The predicted molar refractivity (Wildman–Crippen MR) is 85.2 cm³/mol. The molecule has 1 saturated heterocycles. The van der Waals surface area contributed by atoms with Crippen LogP contribution in [0.5, 0.6) is 0 Å². The molecule has 3 heteroatoms. The molecule has 20 heavy (non-hydrogen) atoms. The van der Waals surface area contributed by atoms with Gasteiger partial charge in [-0.25, -0.2) is 0 Å². The number of nitrogens with one attached hydrogen (secondary N) is 1. The first kappa shape index (κ1) is 16.3. The van der Waals surface area contributed by atoms with E-state index in [0.717, 1.165) is 6.61 Å². The summed E-state index contributed by atoms with van der Waals surface area (Å²) in [7, 11) is 6.70. The summed E-state index contributed by atoms with van der Waals surface area (Å²) in [5.74, 6) is 0. The van der Waals surface area contributed by atoms with Gasteiger partial charge in [0.25, 0.3) is 0 Å². The molecule has 0 aromatic rings. The summed E-state index contributed by atoms with van der Waals surface area (Å²) < 4.78 is 5.76. The van der Waals surface area contributed by atoms with Crippen LogP contribution < -0.4 is 5.32 Å². The first-order valence-electron chi connectivity index (χ1n) is 8.65. The second-order valence-corrected chi connectivity index (χ2v) is 6.97. The van der Waals surface area contributed by atoms with E-state index in [1.54, 1.807) is 0 Å². The van der Waals surface area contributed by atoms with Crippen LogP contribution in [0.4, 0.5) is 0 Å². The van der Waals surface area contributed by atoms with Crippen molar-refractivity contribution >= 4 is 0 Å². The van der Waals surface area contributed by atoms with Gasteiger partial charge in [0, 0.05) is 18.2 Å². The molecule has 0 radical (unpaired) electrons. The molecule has 1 N–H and O–H groups in total. The maximum atomic E-state index is 5.76. The van der Waals surface area contributed by atoms with Crippen molar-refractivity contribution in [2.24, 2.45) is 0 Å². The van der Waals surface area contributed by atoms with Gasteiger partial charge in [0.1, 0.15) is 0 Å².